The van der Waals surface area contributed by atoms with Gasteiger partial charge in [-0.1, -0.05) is 12.1 Å². The molecule has 0 aromatic heterocycles. The van der Waals surface area contributed by atoms with Crippen LogP contribution in [0, 0.1) is 6.07 Å². The minimum absolute atomic E-state index is 0.405. The van der Waals surface area contributed by atoms with Crippen molar-refractivity contribution in [2.75, 3.05) is 12.4 Å². The molecule has 0 saturated carbocycles. The summed E-state index contributed by atoms with van der Waals surface area (Å²) in [4.78, 5) is 15.3. The number of amides is 2. The number of hydroxylamine groups is 1. The number of hydrogen-bond donors (Lipinski definition) is 2. The van der Waals surface area contributed by atoms with E-state index in [4.69, 9.17) is 0 Å². The largest absolute Gasteiger partial charge is 0.343 e. The second-order valence-electron chi connectivity index (χ2n) is 2.05. The van der Waals surface area contributed by atoms with Crippen molar-refractivity contribution in [3.63, 3.8) is 0 Å². The number of urea groups is 1. The predicted molar refractivity (Wildman–Crippen MR) is 44.4 cm³/mol. The monoisotopic (exact) mass is 165 g/mol. The zero-order valence-corrected chi connectivity index (χ0v) is 6.63. The molecule has 0 bridgehead atoms. The van der Waals surface area contributed by atoms with Gasteiger partial charge in [0.05, 0.1) is 7.11 Å². The standard InChI is InChI=1S/C8H9N2O2/c1-12-10-8(11)9-7-5-3-2-4-6-7/h2-3,5-6H,1H3,(H2,9,10,11). The number of anilines is 1. The minimum Gasteiger partial charge on any atom is -0.306 e. The van der Waals surface area contributed by atoms with Crippen LogP contribution in [0.5, 0.6) is 0 Å². The maximum Gasteiger partial charge on any atom is 0.343 e. The third-order valence-corrected chi connectivity index (χ3v) is 1.16. The topological polar surface area (TPSA) is 50.4 Å². The second-order valence-corrected chi connectivity index (χ2v) is 2.05. The fourth-order valence-electron chi connectivity index (χ4n) is 0.720. The summed E-state index contributed by atoms with van der Waals surface area (Å²) in [6, 6.07) is 9.37. The average Bonchev–Trinajstić information content (AvgIpc) is 2.06. The first-order valence-corrected chi connectivity index (χ1v) is 3.39. The van der Waals surface area contributed by atoms with E-state index in [9.17, 15) is 4.79 Å². The van der Waals surface area contributed by atoms with Crippen LogP contribution in [0.25, 0.3) is 0 Å². The number of rotatable bonds is 2. The van der Waals surface area contributed by atoms with Gasteiger partial charge in [0, 0.05) is 5.69 Å². The molecule has 0 aliphatic heterocycles. The Morgan fingerprint density at radius 3 is 3.08 bits per heavy atom. The molecule has 0 aliphatic rings. The summed E-state index contributed by atoms with van der Waals surface area (Å²) in [5.74, 6) is 0. The van der Waals surface area contributed by atoms with E-state index in [2.05, 4.69) is 21.7 Å². The van der Waals surface area contributed by atoms with E-state index < -0.39 is 6.03 Å². The van der Waals surface area contributed by atoms with Gasteiger partial charge in [0.25, 0.3) is 0 Å². The lowest BCUT2D eigenvalue weighted by Crippen LogP contribution is -2.27. The number of nitrogens with one attached hydrogen (secondary N) is 2. The van der Waals surface area contributed by atoms with Gasteiger partial charge in [-0.2, -0.15) is 0 Å². The minimum atomic E-state index is -0.405. The lowest BCUT2D eigenvalue weighted by molar-refractivity contribution is 0.114. The molecule has 1 radical (unpaired) electrons. The Hall–Kier alpha value is -1.55. The number of hydrogen-bond acceptors (Lipinski definition) is 2. The Bertz CT molecular complexity index is 248. The number of carbonyl (C=O) groups is 1. The highest BCUT2D eigenvalue weighted by atomic mass is 16.6. The van der Waals surface area contributed by atoms with Gasteiger partial charge in [0.1, 0.15) is 0 Å². The summed E-state index contributed by atoms with van der Waals surface area (Å²) < 4.78 is 0. The Balaban J connectivity index is 2.47. The van der Waals surface area contributed by atoms with Crippen LogP contribution in [0.3, 0.4) is 0 Å². The van der Waals surface area contributed by atoms with Crippen LogP contribution in [0.1, 0.15) is 0 Å². The van der Waals surface area contributed by atoms with E-state index >= 15 is 0 Å². The molecule has 0 heterocycles. The first-order chi connectivity index (χ1) is 5.83. The summed E-state index contributed by atoms with van der Waals surface area (Å²) in [5, 5.41) is 2.54. The molecule has 4 nitrogen and oxygen atoms in total. The maximum atomic E-state index is 10.9. The first-order valence-electron chi connectivity index (χ1n) is 3.39. The molecular formula is C8H9N2O2. The summed E-state index contributed by atoms with van der Waals surface area (Å²) in [6.07, 6.45) is 0. The van der Waals surface area contributed by atoms with E-state index in [1.54, 1.807) is 24.3 Å². The molecule has 0 atom stereocenters. The van der Waals surface area contributed by atoms with Gasteiger partial charge in [0.2, 0.25) is 0 Å². The van der Waals surface area contributed by atoms with Crippen molar-refractivity contribution < 1.29 is 9.63 Å². The average molecular weight is 165 g/mol. The normalized spacial score (nSPS) is 9.08. The zero-order valence-electron chi connectivity index (χ0n) is 6.63. The van der Waals surface area contributed by atoms with Crippen LogP contribution in [0.15, 0.2) is 24.3 Å². The summed E-state index contributed by atoms with van der Waals surface area (Å²) >= 11 is 0. The quantitative estimate of drug-likeness (QED) is 0.646. The smallest absolute Gasteiger partial charge is 0.306 e. The van der Waals surface area contributed by atoms with E-state index in [-0.39, 0.29) is 0 Å². The lowest BCUT2D eigenvalue weighted by atomic mass is 10.3. The van der Waals surface area contributed by atoms with E-state index in [0.29, 0.717) is 5.69 Å². The summed E-state index contributed by atoms with van der Waals surface area (Å²) in [7, 11) is 1.37. The van der Waals surface area contributed by atoms with Crippen LogP contribution in [-0.4, -0.2) is 13.1 Å². The molecule has 0 aliphatic carbocycles. The summed E-state index contributed by atoms with van der Waals surface area (Å²) in [6.45, 7) is 0. The fraction of sp³-hybridized carbons (Fsp3) is 0.125. The van der Waals surface area contributed by atoms with Crippen LogP contribution >= 0.6 is 0 Å². The van der Waals surface area contributed by atoms with Crippen molar-refractivity contribution in [2.24, 2.45) is 0 Å². The zero-order chi connectivity index (χ0) is 8.81. The van der Waals surface area contributed by atoms with Crippen molar-refractivity contribution in [2.45, 2.75) is 0 Å². The molecule has 0 saturated heterocycles. The highest BCUT2D eigenvalue weighted by Gasteiger charge is 1.97. The molecule has 1 aromatic rings. The highest BCUT2D eigenvalue weighted by Crippen LogP contribution is 2.03. The van der Waals surface area contributed by atoms with Gasteiger partial charge in [-0.05, 0) is 18.2 Å². The number of benzene rings is 1. The molecule has 1 rings (SSSR count). The molecule has 63 valence electrons. The molecule has 12 heavy (non-hydrogen) atoms. The van der Waals surface area contributed by atoms with Gasteiger partial charge in [-0.3, -0.25) is 4.84 Å². The molecule has 4 heteroatoms. The third kappa shape index (κ3) is 2.59. The first kappa shape index (κ1) is 8.55. The molecule has 1 aromatic carbocycles. The second kappa shape index (κ2) is 4.35. The van der Waals surface area contributed by atoms with Gasteiger partial charge in [-0.25, -0.2) is 10.3 Å². The fourth-order valence-corrected chi connectivity index (χ4v) is 0.720. The Labute approximate surface area is 70.5 Å². The highest BCUT2D eigenvalue weighted by molar-refractivity contribution is 5.88. The van der Waals surface area contributed by atoms with E-state index in [0.717, 1.165) is 0 Å². The lowest BCUT2D eigenvalue weighted by Gasteiger charge is -2.03. The van der Waals surface area contributed by atoms with Crippen LogP contribution in [0.2, 0.25) is 0 Å². The van der Waals surface area contributed by atoms with Crippen LogP contribution in [-0.2, 0) is 4.84 Å². The van der Waals surface area contributed by atoms with Crippen LogP contribution < -0.4 is 10.8 Å². The molecule has 2 amide bonds. The van der Waals surface area contributed by atoms with Gasteiger partial charge in [-0.15, -0.1) is 0 Å². The Morgan fingerprint density at radius 2 is 2.50 bits per heavy atom. The molecule has 2 N–H and O–H groups in total. The molecule has 0 unspecified atom stereocenters. The molecular weight excluding hydrogens is 156 g/mol. The molecule has 0 fully saturated rings. The Morgan fingerprint density at radius 1 is 1.67 bits per heavy atom. The number of carbonyl (C=O) groups excluding carboxylic acids is 1. The van der Waals surface area contributed by atoms with Crippen LogP contribution in [0.4, 0.5) is 10.5 Å². The van der Waals surface area contributed by atoms with Crippen molar-refractivity contribution in [3.8, 4) is 0 Å². The van der Waals surface area contributed by atoms with Crippen molar-refractivity contribution >= 4 is 11.7 Å². The van der Waals surface area contributed by atoms with E-state index in [1.165, 1.54) is 7.11 Å². The van der Waals surface area contributed by atoms with Crippen molar-refractivity contribution in [1.29, 1.82) is 0 Å². The third-order valence-electron chi connectivity index (χ3n) is 1.16. The van der Waals surface area contributed by atoms with Gasteiger partial charge < -0.3 is 5.32 Å². The van der Waals surface area contributed by atoms with Crippen molar-refractivity contribution in [1.82, 2.24) is 5.48 Å². The van der Waals surface area contributed by atoms with Gasteiger partial charge >= 0.3 is 6.03 Å². The summed E-state index contributed by atoms with van der Waals surface area (Å²) in [5.41, 5.74) is 2.80. The van der Waals surface area contributed by atoms with Crippen molar-refractivity contribution in [3.05, 3.63) is 30.3 Å². The van der Waals surface area contributed by atoms with Gasteiger partial charge in [0.15, 0.2) is 0 Å². The van der Waals surface area contributed by atoms with E-state index in [1.807, 2.05) is 0 Å². The Kier molecular flexibility index (Phi) is 3.10. The SMILES string of the molecule is CONC(=O)Nc1c[c]ccc1. The molecule has 0 spiro atoms. The predicted octanol–water partition coefficient (Wildman–Crippen LogP) is 1.17. The maximum absolute atomic E-state index is 10.9.